The second-order valence-electron chi connectivity index (χ2n) is 3.50. The summed E-state index contributed by atoms with van der Waals surface area (Å²) in [5.74, 6) is 2.36. The Balaban J connectivity index is 2.84. The smallest absolute Gasteiger partial charge is 0.162 e. The van der Waals surface area contributed by atoms with E-state index in [4.69, 9.17) is 4.74 Å². The van der Waals surface area contributed by atoms with Crippen LogP contribution in [-0.2, 0) is 6.54 Å². The van der Waals surface area contributed by atoms with Gasteiger partial charge in [-0.2, -0.15) is 16.9 Å². The number of methoxy groups -OCH3 is 1. The summed E-state index contributed by atoms with van der Waals surface area (Å²) in [6, 6.07) is 0. The fourth-order valence-electron chi connectivity index (χ4n) is 1.57. The lowest BCUT2D eigenvalue weighted by Gasteiger charge is -2.14. The molecule has 16 heavy (non-hydrogen) atoms. The number of aryl methyl sites for hydroxylation is 1. The summed E-state index contributed by atoms with van der Waals surface area (Å²) in [6.07, 6.45) is 2.16. The summed E-state index contributed by atoms with van der Waals surface area (Å²) in [5, 5.41) is 14.3. The third-order valence-electron chi connectivity index (χ3n) is 2.30. The van der Waals surface area contributed by atoms with E-state index < -0.39 is 6.10 Å². The molecule has 1 N–H and O–H groups in total. The highest BCUT2D eigenvalue weighted by atomic mass is 32.2. The number of hydrogen-bond acceptors (Lipinski definition) is 4. The summed E-state index contributed by atoms with van der Waals surface area (Å²) >= 11 is 1.71. The molecular weight excluding hydrogens is 224 g/mol. The van der Waals surface area contributed by atoms with E-state index >= 15 is 0 Å². The molecule has 0 amide bonds. The standard InChI is InChI=1S/C11H20N2O2S/c1-4-6-13-11(9(14)8-16-5-2)10(15-3)7-12-13/h7,9,14H,4-6,8H2,1-3H3. The van der Waals surface area contributed by atoms with Gasteiger partial charge < -0.3 is 9.84 Å². The topological polar surface area (TPSA) is 47.3 Å². The average Bonchev–Trinajstić information content (AvgIpc) is 2.69. The highest BCUT2D eigenvalue weighted by molar-refractivity contribution is 7.99. The van der Waals surface area contributed by atoms with Gasteiger partial charge in [-0.15, -0.1) is 0 Å². The second kappa shape index (κ2) is 6.81. The Bertz CT molecular complexity index is 315. The number of aromatic nitrogens is 2. The Morgan fingerprint density at radius 3 is 2.88 bits per heavy atom. The zero-order valence-corrected chi connectivity index (χ0v) is 11.0. The molecule has 1 aromatic heterocycles. The first-order valence-corrected chi connectivity index (χ1v) is 6.75. The lowest BCUT2D eigenvalue weighted by molar-refractivity contribution is 0.186. The first-order chi connectivity index (χ1) is 7.74. The molecule has 1 unspecified atom stereocenters. The summed E-state index contributed by atoms with van der Waals surface area (Å²) in [7, 11) is 1.61. The molecule has 4 nitrogen and oxygen atoms in total. The van der Waals surface area contributed by atoms with Crippen LogP contribution in [0.4, 0.5) is 0 Å². The Kier molecular flexibility index (Phi) is 5.69. The zero-order chi connectivity index (χ0) is 12.0. The molecule has 0 saturated carbocycles. The first kappa shape index (κ1) is 13.4. The third kappa shape index (κ3) is 3.15. The van der Waals surface area contributed by atoms with Crippen LogP contribution in [-0.4, -0.2) is 33.5 Å². The van der Waals surface area contributed by atoms with Crippen LogP contribution in [0.15, 0.2) is 6.20 Å². The molecule has 92 valence electrons. The molecule has 0 spiro atoms. The number of hydrogen-bond donors (Lipinski definition) is 1. The Hall–Kier alpha value is -0.680. The largest absolute Gasteiger partial charge is 0.493 e. The Morgan fingerprint density at radius 2 is 2.31 bits per heavy atom. The molecule has 1 heterocycles. The van der Waals surface area contributed by atoms with Gasteiger partial charge in [-0.25, -0.2) is 0 Å². The van der Waals surface area contributed by atoms with Crippen LogP contribution < -0.4 is 4.74 Å². The molecule has 1 aromatic rings. The van der Waals surface area contributed by atoms with E-state index in [0.29, 0.717) is 11.5 Å². The van der Waals surface area contributed by atoms with Gasteiger partial charge in [-0.1, -0.05) is 13.8 Å². The normalized spacial score (nSPS) is 12.8. The monoisotopic (exact) mass is 244 g/mol. The van der Waals surface area contributed by atoms with E-state index in [0.717, 1.165) is 24.4 Å². The van der Waals surface area contributed by atoms with Crippen LogP contribution >= 0.6 is 11.8 Å². The predicted molar refractivity (Wildman–Crippen MR) is 67.0 cm³/mol. The Labute approximate surface area is 101 Å². The van der Waals surface area contributed by atoms with Gasteiger partial charge in [-0.05, 0) is 12.2 Å². The van der Waals surface area contributed by atoms with E-state index in [1.807, 2.05) is 4.68 Å². The minimum atomic E-state index is -0.506. The fraction of sp³-hybridized carbons (Fsp3) is 0.727. The lowest BCUT2D eigenvalue weighted by atomic mass is 10.2. The molecule has 5 heteroatoms. The number of aliphatic hydroxyl groups excluding tert-OH is 1. The van der Waals surface area contributed by atoms with Crippen molar-refractivity contribution >= 4 is 11.8 Å². The van der Waals surface area contributed by atoms with Crippen LogP contribution in [0, 0.1) is 0 Å². The van der Waals surface area contributed by atoms with E-state index in [1.165, 1.54) is 0 Å². The first-order valence-electron chi connectivity index (χ1n) is 5.60. The quantitative estimate of drug-likeness (QED) is 0.798. The van der Waals surface area contributed by atoms with Gasteiger partial charge in [0, 0.05) is 12.3 Å². The SMILES string of the molecule is CCCn1ncc(OC)c1C(O)CSCC. The predicted octanol–water partition coefficient (Wildman–Crippen LogP) is 2.09. The molecule has 0 fully saturated rings. The molecule has 0 bridgehead atoms. The molecule has 1 rings (SSSR count). The summed E-state index contributed by atoms with van der Waals surface area (Å²) < 4.78 is 7.05. The average molecular weight is 244 g/mol. The lowest BCUT2D eigenvalue weighted by Crippen LogP contribution is -2.12. The van der Waals surface area contributed by atoms with Crippen molar-refractivity contribution in [1.82, 2.24) is 9.78 Å². The van der Waals surface area contributed by atoms with Gasteiger partial charge in [0.15, 0.2) is 5.75 Å². The highest BCUT2D eigenvalue weighted by Gasteiger charge is 2.19. The van der Waals surface area contributed by atoms with Gasteiger partial charge >= 0.3 is 0 Å². The van der Waals surface area contributed by atoms with Crippen LogP contribution in [0.2, 0.25) is 0 Å². The van der Waals surface area contributed by atoms with Gasteiger partial charge in [0.25, 0.3) is 0 Å². The van der Waals surface area contributed by atoms with Gasteiger partial charge in [0.05, 0.1) is 13.3 Å². The van der Waals surface area contributed by atoms with E-state index in [-0.39, 0.29) is 0 Å². The van der Waals surface area contributed by atoms with E-state index in [9.17, 15) is 5.11 Å². The summed E-state index contributed by atoms with van der Waals surface area (Å²) in [4.78, 5) is 0. The van der Waals surface area contributed by atoms with Crippen molar-refractivity contribution in [2.24, 2.45) is 0 Å². The maximum Gasteiger partial charge on any atom is 0.162 e. The van der Waals surface area contributed by atoms with Crippen molar-refractivity contribution < 1.29 is 9.84 Å². The summed E-state index contributed by atoms with van der Waals surface area (Å²) in [5.41, 5.74) is 0.797. The number of aliphatic hydroxyl groups is 1. The maximum atomic E-state index is 10.1. The van der Waals surface area contributed by atoms with E-state index in [1.54, 1.807) is 25.1 Å². The van der Waals surface area contributed by atoms with Crippen molar-refractivity contribution in [3.63, 3.8) is 0 Å². The van der Waals surface area contributed by atoms with Crippen molar-refractivity contribution in [1.29, 1.82) is 0 Å². The number of ether oxygens (including phenoxy) is 1. The van der Waals surface area contributed by atoms with E-state index in [2.05, 4.69) is 18.9 Å². The minimum absolute atomic E-state index is 0.506. The highest BCUT2D eigenvalue weighted by Crippen LogP contribution is 2.27. The minimum Gasteiger partial charge on any atom is -0.493 e. The molecule has 0 aliphatic carbocycles. The van der Waals surface area contributed by atoms with Crippen molar-refractivity contribution in [3.8, 4) is 5.75 Å². The summed E-state index contributed by atoms with van der Waals surface area (Å²) in [6.45, 7) is 4.98. The van der Waals surface area contributed by atoms with Gasteiger partial charge in [0.1, 0.15) is 11.8 Å². The van der Waals surface area contributed by atoms with Gasteiger partial charge in [0.2, 0.25) is 0 Å². The van der Waals surface area contributed by atoms with Crippen molar-refractivity contribution in [3.05, 3.63) is 11.9 Å². The van der Waals surface area contributed by atoms with Crippen LogP contribution in [0.1, 0.15) is 32.1 Å². The molecular formula is C11H20N2O2S. The molecule has 0 aromatic carbocycles. The molecule has 0 saturated heterocycles. The van der Waals surface area contributed by atoms with Crippen LogP contribution in [0.25, 0.3) is 0 Å². The van der Waals surface area contributed by atoms with Crippen molar-refractivity contribution in [2.45, 2.75) is 32.9 Å². The third-order valence-corrected chi connectivity index (χ3v) is 3.26. The van der Waals surface area contributed by atoms with Crippen LogP contribution in [0.5, 0.6) is 5.75 Å². The molecule has 0 aliphatic heterocycles. The molecule has 0 aliphatic rings. The Morgan fingerprint density at radius 1 is 1.56 bits per heavy atom. The maximum absolute atomic E-state index is 10.1. The van der Waals surface area contributed by atoms with Crippen molar-refractivity contribution in [2.75, 3.05) is 18.6 Å². The fourth-order valence-corrected chi connectivity index (χ4v) is 2.19. The number of thioether (sulfide) groups is 1. The number of nitrogens with zero attached hydrogens (tertiary/aromatic N) is 2. The molecule has 1 atom stereocenters. The van der Waals surface area contributed by atoms with Gasteiger partial charge in [-0.3, -0.25) is 4.68 Å². The zero-order valence-electron chi connectivity index (χ0n) is 10.1. The van der Waals surface area contributed by atoms with Crippen LogP contribution in [0.3, 0.4) is 0 Å². The molecule has 0 radical (unpaired) electrons. The second-order valence-corrected chi connectivity index (χ2v) is 4.82. The number of rotatable bonds is 7.